The third-order valence-electron chi connectivity index (χ3n) is 3.53. The highest BCUT2D eigenvalue weighted by Gasteiger charge is 2.39. The zero-order valence-electron chi connectivity index (χ0n) is 13.7. The van der Waals surface area contributed by atoms with Gasteiger partial charge in [0.15, 0.2) is 0 Å². The molecule has 0 aliphatic carbocycles. The highest BCUT2D eigenvalue weighted by molar-refractivity contribution is 7.54. The number of phenols is 1. The van der Waals surface area contributed by atoms with Crippen LogP contribution < -0.4 is 0 Å². The molecule has 0 fully saturated rings. The number of aromatic hydroxyl groups is 1. The Morgan fingerprint density at radius 3 is 2.22 bits per heavy atom. The van der Waals surface area contributed by atoms with Crippen LogP contribution in [0.4, 0.5) is 0 Å². The summed E-state index contributed by atoms with van der Waals surface area (Å²) in [6, 6.07) is 14.6. The van der Waals surface area contributed by atoms with Gasteiger partial charge >= 0.3 is 7.60 Å². The molecule has 2 aromatic rings. The minimum atomic E-state index is -3.48. The first kappa shape index (κ1) is 17.7. The van der Waals surface area contributed by atoms with Crippen LogP contribution >= 0.6 is 7.60 Å². The van der Waals surface area contributed by atoms with E-state index in [1.165, 1.54) is 0 Å². The third kappa shape index (κ3) is 4.03. The lowest BCUT2D eigenvalue weighted by atomic mass is 10.0. The average Bonchev–Trinajstić information content (AvgIpc) is 2.52. The fourth-order valence-electron chi connectivity index (χ4n) is 2.61. The third-order valence-corrected chi connectivity index (χ3v) is 5.97. The van der Waals surface area contributed by atoms with Crippen LogP contribution in [-0.2, 0) is 13.6 Å². The molecular weight excluding hydrogens is 311 g/mol. The van der Waals surface area contributed by atoms with Gasteiger partial charge in [0.05, 0.1) is 13.2 Å². The highest BCUT2D eigenvalue weighted by atomic mass is 31.2. The van der Waals surface area contributed by atoms with Crippen LogP contribution in [0, 0.1) is 6.92 Å². The summed E-state index contributed by atoms with van der Waals surface area (Å²) < 4.78 is 24.5. The molecule has 0 saturated heterocycles. The maximum atomic E-state index is 13.4. The Balaban J connectivity index is 2.65. The second-order valence-corrected chi connectivity index (χ2v) is 7.36. The van der Waals surface area contributed by atoms with Crippen LogP contribution in [-0.4, -0.2) is 18.3 Å². The molecule has 124 valence electrons. The number of phenolic OH excluding ortho intramolecular Hbond substituents is 1. The summed E-state index contributed by atoms with van der Waals surface area (Å²) in [5.41, 5.74) is 1.65. The summed E-state index contributed by atoms with van der Waals surface area (Å²) in [5, 5.41) is 10.3. The highest BCUT2D eigenvalue weighted by Crippen LogP contribution is 2.64. The molecule has 0 heterocycles. The predicted molar refractivity (Wildman–Crippen MR) is 92.0 cm³/mol. The van der Waals surface area contributed by atoms with E-state index in [1.807, 2.05) is 49.4 Å². The van der Waals surface area contributed by atoms with Crippen LogP contribution in [0.25, 0.3) is 0 Å². The van der Waals surface area contributed by atoms with E-state index in [2.05, 4.69) is 0 Å². The van der Waals surface area contributed by atoms with Crippen LogP contribution in [0.5, 0.6) is 5.75 Å². The summed E-state index contributed by atoms with van der Waals surface area (Å²) in [6.07, 6.45) is 0. The van der Waals surface area contributed by atoms with Gasteiger partial charge < -0.3 is 14.2 Å². The van der Waals surface area contributed by atoms with E-state index in [0.29, 0.717) is 5.56 Å². The average molecular weight is 334 g/mol. The largest absolute Gasteiger partial charge is 0.508 e. The predicted octanol–water partition coefficient (Wildman–Crippen LogP) is 5.06. The van der Waals surface area contributed by atoms with Gasteiger partial charge in [-0.25, -0.2) is 0 Å². The van der Waals surface area contributed by atoms with Gasteiger partial charge in [-0.05, 0) is 32.4 Å². The molecule has 0 aliphatic rings. The van der Waals surface area contributed by atoms with Gasteiger partial charge in [0.1, 0.15) is 11.4 Å². The second kappa shape index (κ2) is 7.78. The normalized spacial score (nSPS) is 13.0. The molecule has 1 atom stereocenters. The molecule has 0 aromatic heterocycles. The zero-order chi connectivity index (χ0) is 16.9. The van der Waals surface area contributed by atoms with Crippen molar-refractivity contribution in [1.82, 2.24) is 0 Å². The summed E-state index contributed by atoms with van der Waals surface area (Å²) in [7, 11) is -3.48. The molecule has 2 rings (SSSR count). The Hall–Kier alpha value is -1.61. The van der Waals surface area contributed by atoms with Gasteiger partial charge in [0.25, 0.3) is 0 Å². The van der Waals surface area contributed by atoms with Crippen LogP contribution in [0.15, 0.2) is 48.5 Å². The molecule has 0 spiro atoms. The van der Waals surface area contributed by atoms with Gasteiger partial charge in [-0.3, -0.25) is 4.57 Å². The smallest absolute Gasteiger partial charge is 0.342 e. The molecule has 23 heavy (non-hydrogen) atoms. The molecule has 2 aromatic carbocycles. The van der Waals surface area contributed by atoms with Crippen molar-refractivity contribution in [2.75, 3.05) is 13.2 Å². The Morgan fingerprint density at radius 2 is 1.65 bits per heavy atom. The van der Waals surface area contributed by atoms with Crippen LogP contribution in [0.3, 0.4) is 0 Å². The van der Waals surface area contributed by atoms with Gasteiger partial charge in [-0.2, -0.15) is 0 Å². The second-order valence-electron chi connectivity index (χ2n) is 5.25. The number of aryl methyl sites for hydroxylation is 1. The first-order valence-electron chi connectivity index (χ1n) is 7.75. The molecule has 0 amide bonds. The van der Waals surface area contributed by atoms with Crippen molar-refractivity contribution in [3.63, 3.8) is 0 Å². The Kier molecular flexibility index (Phi) is 6.00. The summed E-state index contributed by atoms with van der Waals surface area (Å²) in [6.45, 7) is 6.03. The lowest BCUT2D eigenvalue weighted by Crippen LogP contribution is -2.09. The van der Waals surface area contributed by atoms with Crippen molar-refractivity contribution in [3.05, 3.63) is 65.2 Å². The van der Waals surface area contributed by atoms with E-state index in [4.69, 9.17) is 9.05 Å². The van der Waals surface area contributed by atoms with E-state index in [9.17, 15) is 9.67 Å². The number of benzene rings is 2. The van der Waals surface area contributed by atoms with E-state index in [-0.39, 0.29) is 19.0 Å². The fraction of sp³-hybridized carbons (Fsp3) is 0.333. The molecule has 0 saturated carbocycles. The first-order valence-corrected chi connectivity index (χ1v) is 9.36. The monoisotopic (exact) mass is 334 g/mol. The van der Waals surface area contributed by atoms with Crippen molar-refractivity contribution in [2.45, 2.75) is 26.4 Å². The minimum absolute atomic E-state index is 0.0871. The molecule has 0 aliphatic heterocycles. The molecule has 4 nitrogen and oxygen atoms in total. The van der Waals surface area contributed by atoms with Gasteiger partial charge in [0, 0.05) is 5.56 Å². The summed E-state index contributed by atoms with van der Waals surface area (Å²) in [5.74, 6) is 0.0871. The van der Waals surface area contributed by atoms with Crippen LogP contribution in [0.1, 0.15) is 36.2 Å². The number of hydrogen-bond acceptors (Lipinski definition) is 4. The van der Waals surface area contributed by atoms with Crippen molar-refractivity contribution in [2.24, 2.45) is 0 Å². The molecule has 1 N–H and O–H groups in total. The van der Waals surface area contributed by atoms with Crippen molar-refractivity contribution >= 4 is 7.60 Å². The van der Waals surface area contributed by atoms with E-state index >= 15 is 0 Å². The topological polar surface area (TPSA) is 55.8 Å². The maximum Gasteiger partial charge on any atom is 0.342 e. The Bertz CT molecular complexity index is 675. The van der Waals surface area contributed by atoms with Gasteiger partial charge in [-0.15, -0.1) is 0 Å². The van der Waals surface area contributed by atoms with E-state index in [0.717, 1.165) is 11.1 Å². The Labute approximate surface area is 137 Å². The zero-order valence-corrected chi connectivity index (χ0v) is 14.6. The SMILES string of the molecule is CCOP(=O)(OCC)C(c1ccccc1)c1cc(C)ccc1O. The lowest BCUT2D eigenvalue weighted by Gasteiger charge is -2.27. The van der Waals surface area contributed by atoms with E-state index < -0.39 is 13.3 Å². The summed E-state index contributed by atoms with van der Waals surface area (Å²) in [4.78, 5) is 0. The van der Waals surface area contributed by atoms with Crippen molar-refractivity contribution in [1.29, 1.82) is 0 Å². The van der Waals surface area contributed by atoms with Gasteiger partial charge in [-0.1, -0.05) is 48.0 Å². The molecule has 5 heteroatoms. The van der Waals surface area contributed by atoms with E-state index in [1.54, 1.807) is 19.9 Å². The first-order chi connectivity index (χ1) is 11.0. The van der Waals surface area contributed by atoms with Crippen LogP contribution in [0.2, 0.25) is 0 Å². The Morgan fingerprint density at radius 1 is 1.04 bits per heavy atom. The maximum absolute atomic E-state index is 13.4. The minimum Gasteiger partial charge on any atom is -0.508 e. The molecular formula is C18H23O4P. The summed E-state index contributed by atoms with van der Waals surface area (Å²) >= 11 is 0. The van der Waals surface area contributed by atoms with Crippen molar-refractivity contribution < 1.29 is 18.7 Å². The van der Waals surface area contributed by atoms with Crippen molar-refractivity contribution in [3.8, 4) is 5.75 Å². The number of rotatable bonds is 7. The quantitative estimate of drug-likeness (QED) is 0.719. The van der Waals surface area contributed by atoms with Gasteiger partial charge in [0.2, 0.25) is 0 Å². The fourth-order valence-corrected chi connectivity index (χ4v) is 4.78. The molecule has 1 unspecified atom stereocenters. The lowest BCUT2D eigenvalue weighted by molar-refractivity contribution is 0.214. The molecule has 0 radical (unpaired) electrons. The standard InChI is InChI=1S/C18H23O4P/c1-4-21-23(20,22-5-2)18(15-9-7-6-8-10-15)16-13-14(3)11-12-17(16)19/h6-13,18-19H,4-5H2,1-3H3. The number of hydrogen-bond donors (Lipinski definition) is 1. The molecule has 0 bridgehead atoms.